The zero-order valence-corrected chi connectivity index (χ0v) is 10.3. The molecule has 0 bridgehead atoms. The summed E-state index contributed by atoms with van der Waals surface area (Å²) in [5, 5.41) is 6.82. The Kier molecular flexibility index (Phi) is 2.84. The summed E-state index contributed by atoms with van der Waals surface area (Å²) < 4.78 is 10.5. The summed E-state index contributed by atoms with van der Waals surface area (Å²) in [6.45, 7) is 0.880. The molecule has 1 aliphatic rings. The Hall–Kier alpha value is -2.10. The fraction of sp³-hybridized carbons (Fsp3) is 0.286. The Bertz CT molecular complexity index is 536. The fourth-order valence-electron chi connectivity index (χ4n) is 2.31. The molecule has 0 saturated carbocycles. The van der Waals surface area contributed by atoms with Crippen LogP contribution in [0, 0.1) is 0 Å². The van der Waals surface area contributed by atoms with E-state index in [2.05, 4.69) is 16.7 Å². The number of para-hydroxylation sites is 1. The molecule has 4 nitrogen and oxygen atoms in total. The van der Waals surface area contributed by atoms with Crippen LogP contribution in [0.15, 0.2) is 41.2 Å². The van der Waals surface area contributed by atoms with Gasteiger partial charge in [-0.1, -0.05) is 18.2 Å². The number of hydrogen-bond donors (Lipinski definition) is 2. The average molecular weight is 244 g/mol. The number of nitrogens with one attached hydrogen (secondary N) is 2. The van der Waals surface area contributed by atoms with Crippen LogP contribution in [0.2, 0.25) is 0 Å². The fourth-order valence-corrected chi connectivity index (χ4v) is 2.31. The Morgan fingerprint density at radius 2 is 2.11 bits per heavy atom. The molecule has 3 rings (SSSR count). The second kappa shape index (κ2) is 4.64. The van der Waals surface area contributed by atoms with Crippen molar-refractivity contribution >= 4 is 11.4 Å². The van der Waals surface area contributed by atoms with Crippen molar-refractivity contribution in [2.24, 2.45) is 0 Å². The summed E-state index contributed by atoms with van der Waals surface area (Å²) in [5.74, 6) is 0.942. The van der Waals surface area contributed by atoms with Gasteiger partial charge in [-0.3, -0.25) is 0 Å². The van der Waals surface area contributed by atoms with Crippen LogP contribution in [0.1, 0.15) is 5.56 Å². The van der Waals surface area contributed by atoms with E-state index in [1.165, 1.54) is 5.56 Å². The molecule has 18 heavy (non-hydrogen) atoms. The Balaban J connectivity index is 1.74. The number of fused-ring (bicyclic) bond motifs is 1. The van der Waals surface area contributed by atoms with Gasteiger partial charge in [-0.05, 0) is 18.1 Å². The number of benzene rings is 1. The van der Waals surface area contributed by atoms with Crippen LogP contribution < -0.4 is 15.4 Å². The van der Waals surface area contributed by atoms with E-state index in [-0.39, 0.29) is 0 Å². The molecule has 2 N–H and O–H groups in total. The molecule has 0 radical (unpaired) electrons. The van der Waals surface area contributed by atoms with E-state index in [1.807, 2.05) is 18.2 Å². The van der Waals surface area contributed by atoms with Crippen molar-refractivity contribution in [3.63, 3.8) is 0 Å². The Labute approximate surface area is 106 Å². The number of ether oxygens (including phenoxy) is 1. The van der Waals surface area contributed by atoms with Gasteiger partial charge < -0.3 is 19.8 Å². The van der Waals surface area contributed by atoms with Gasteiger partial charge in [-0.25, -0.2) is 0 Å². The van der Waals surface area contributed by atoms with E-state index < -0.39 is 0 Å². The van der Waals surface area contributed by atoms with Gasteiger partial charge in [0.2, 0.25) is 0 Å². The standard InChI is InChI=1S/C14H16N2O2/c1-17-14-5-3-2-4-10(14)6-11-7-15-12-8-18-9-13(12)16-11/h2-5,8-9,11,15-16H,6-7H2,1H3. The maximum atomic E-state index is 5.37. The molecule has 1 aromatic heterocycles. The Morgan fingerprint density at radius 1 is 1.28 bits per heavy atom. The molecule has 94 valence electrons. The SMILES string of the molecule is COc1ccccc1CC1CNc2cocc2N1. The molecule has 2 heterocycles. The van der Waals surface area contributed by atoms with Gasteiger partial charge in [0.15, 0.2) is 0 Å². The summed E-state index contributed by atoms with van der Waals surface area (Å²) in [5.41, 5.74) is 3.28. The summed E-state index contributed by atoms with van der Waals surface area (Å²) in [6, 6.07) is 8.46. The first kappa shape index (κ1) is 11.0. The first-order chi connectivity index (χ1) is 8.86. The first-order valence-electron chi connectivity index (χ1n) is 6.05. The van der Waals surface area contributed by atoms with E-state index in [4.69, 9.17) is 9.15 Å². The molecule has 2 aromatic rings. The largest absolute Gasteiger partial charge is 0.496 e. The third kappa shape index (κ3) is 2.01. The van der Waals surface area contributed by atoms with Crippen molar-refractivity contribution in [1.82, 2.24) is 0 Å². The van der Waals surface area contributed by atoms with Crippen molar-refractivity contribution in [2.45, 2.75) is 12.5 Å². The van der Waals surface area contributed by atoms with Gasteiger partial charge in [-0.2, -0.15) is 0 Å². The molecule has 0 aliphatic carbocycles. The van der Waals surface area contributed by atoms with Gasteiger partial charge in [0.25, 0.3) is 0 Å². The number of rotatable bonds is 3. The zero-order valence-electron chi connectivity index (χ0n) is 10.3. The molecule has 0 spiro atoms. The molecule has 0 amide bonds. The van der Waals surface area contributed by atoms with Gasteiger partial charge in [-0.15, -0.1) is 0 Å². The van der Waals surface area contributed by atoms with Crippen molar-refractivity contribution in [2.75, 3.05) is 24.3 Å². The highest BCUT2D eigenvalue weighted by Crippen LogP contribution is 2.28. The highest BCUT2D eigenvalue weighted by molar-refractivity contribution is 5.69. The quantitative estimate of drug-likeness (QED) is 0.871. The highest BCUT2D eigenvalue weighted by atomic mass is 16.5. The molecule has 0 saturated heterocycles. The molecule has 1 atom stereocenters. The molecule has 4 heteroatoms. The van der Waals surface area contributed by atoms with Gasteiger partial charge in [0.05, 0.1) is 18.5 Å². The van der Waals surface area contributed by atoms with Crippen molar-refractivity contribution in [3.8, 4) is 5.75 Å². The van der Waals surface area contributed by atoms with Crippen LogP contribution in [0.4, 0.5) is 11.4 Å². The topological polar surface area (TPSA) is 46.4 Å². The monoisotopic (exact) mass is 244 g/mol. The second-order valence-electron chi connectivity index (χ2n) is 4.44. The first-order valence-corrected chi connectivity index (χ1v) is 6.05. The van der Waals surface area contributed by atoms with E-state index >= 15 is 0 Å². The van der Waals surface area contributed by atoms with Crippen LogP contribution in [-0.4, -0.2) is 19.7 Å². The predicted octanol–water partition coefficient (Wildman–Crippen LogP) is 2.74. The predicted molar refractivity (Wildman–Crippen MR) is 71.3 cm³/mol. The van der Waals surface area contributed by atoms with Crippen LogP contribution in [0.3, 0.4) is 0 Å². The third-order valence-corrected chi connectivity index (χ3v) is 3.22. The lowest BCUT2D eigenvalue weighted by atomic mass is 10.0. The van der Waals surface area contributed by atoms with Crippen LogP contribution in [0.25, 0.3) is 0 Å². The molecule has 1 aliphatic heterocycles. The lowest BCUT2D eigenvalue weighted by molar-refractivity contribution is 0.408. The molecule has 1 unspecified atom stereocenters. The minimum absolute atomic E-state index is 0.339. The van der Waals surface area contributed by atoms with Crippen molar-refractivity contribution in [3.05, 3.63) is 42.4 Å². The zero-order chi connectivity index (χ0) is 12.4. The Morgan fingerprint density at radius 3 is 3.00 bits per heavy atom. The smallest absolute Gasteiger partial charge is 0.122 e. The van der Waals surface area contributed by atoms with Gasteiger partial charge in [0, 0.05) is 12.6 Å². The molecular weight excluding hydrogens is 228 g/mol. The number of methoxy groups -OCH3 is 1. The van der Waals surface area contributed by atoms with Gasteiger partial charge in [0.1, 0.15) is 18.3 Å². The maximum Gasteiger partial charge on any atom is 0.122 e. The number of furan rings is 1. The average Bonchev–Trinajstić information content (AvgIpc) is 2.87. The summed E-state index contributed by atoms with van der Waals surface area (Å²) >= 11 is 0. The number of hydrogen-bond acceptors (Lipinski definition) is 4. The minimum atomic E-state index is 0.339. The molecular formula is C14H16N2O2. The summed E-state index contributed by atoms with van der Waals surface area (Å²) in [7, 11) is 1.71. The van der Waals surface area contributed by atoms with E-state index in [1.54, 1.807) is 19.6 Å². The van der Waals surface area contributed by atoms with Crippen LogP contribution in [-0.2, 0) is 6.42 Å². The molecule has 0 fully saturated rings. The van der Waals surface area contributed by atoms with Crippen molar-refractivity contribution < 1.29 is 9.15 Å². The number of anilines is 2. The van der Waals surface area contributed by atoms with E-state index in [0.29, 0.717) is 6.04 Å². The van der Waals surface area contributed by atoms with Crippen LogP contribution in [0.5, 0.6) is 5.75 Å². The normalized spacial score (nSPS) is 17.5. The van der Waals surface area contributed by atoms with E-state index in [9.17, 15) is 0 Å². The third-order valence-electron chi connectivity index (χ3n) is 3.22. The summed E-state index contributed by atoms with van der Waals surface area (Å²) in [6.07, 6.45) is 4.38. The second-order valence-corrected chi connectivity index (χ2v) is 4.44. The van der Waals surface area contributed by atoms with Gasteiger partial charge >= 0.3 is 0 Å². The summed E-state index contributed by atoms with van der Waals surface area (Å²) in [4.78, 5) is 0. The van der Waals surface area contributed by atoms with E-state index in [0.717, 1.165) is 30.1 Å². The van der Waals surface area contributed by atoms with Crippen LogP contribution >= 0.6 is 0 Å². The minimum Gasteiger partial charge on any atom is -0.496 e. The lowest BCUT2D eigenvalue weighted by Gasteiger charge is -2.26. The maximum absolute atomic E-state index is 5.37. The lowest BCUT2D eigenvalue weighted by Crippen LogP contribution is -2.34. The van der Waals surface area contributed by atoms with Crippen molar-refractivity contribution in [1.29, 1.82) is 0 Å². The molecule has 1 aromatic carbocycles. The highest BCUT2D eigenvalue weighted by Gasteiger charge is 2.19.